The number of aromatic nitrogens is 1. The number of rotatable bonds is 2. The van der Waals surface area contributed by atoms with Crippen molar-refractivity contribution in [2.75, 3.05) is 11.9 Å². The van der Waals surface area contributed by atoms with Crippen molar-refractivity contribution in [2.45, 2.75) is 51.8 Å². The molecule has 2 atom stereocenters. The van der Waals surface area contributed by atoms with Gasteiger partial charge < -0.3 is 15.0 Å². The minimum absolute atomic E-state index is 0.101. The average molecular weight is 302 g/mol. The van der Waals surface area contributed by atoms with Gasteiger partial charge >= 0.3 is 6.09 Å². The van der Waals surface area contributed by atoms with Gasteiger partial charge in [0.05, 0.1) is 11.6 Å². The lowest BCUT2D eigenvalue weighted by molar-refractivity contribution is 0.0238. The second kappa shape index (κ2) is 6.22. The molecule has 6 nitrogen and oxygen atoms in total. The summed E-state index contributed by atoms with van der Waals surface area (Å²) in [6, 6.07) is 5.66. The Kier molecular flexibility index (Phi) is 4.55. The Bertz CT molecular complexity index is 589. The Morgan fingerprint density at radius 3 is 2.91 bits per heavy atom. The number of hydrogen-bond acceptors (Lipinski definition) is 5. The summed E-state index contributed by atoms with van der Waals surface area (Å²) < 4.78 is 5.43. The lowest BCUT2D eigenvalue weighted by atomic mass is 10.2. The molecule has 0 bridgehead atoms. The Hall–Kier alpha value is -2.29. The lowest BCUT2D eigenvalue weighted by Gasteiger charge is -2.26. The monoisotopic (exact) mass is 302 g/mol. The van der Waals surface area contributed by atoms with Gasteiger partial charge in [0.15, 0.2) is 0 Å². The van der Waals surface area contributed by atoms with Crippen LogP contribution in [0.25, 0.3) is 0 Å². The summed E-state index contributed by atoms with van der Waals surface area (Å²) in [6.07, 6.45) is 2.13. The zero-order valence-corrected chi connectivity index (χ0v) is 13.5. The van der Waals surface area contributed by atoms with Gasteiger partial charge in [0, 0.05) is 24.8 Å². The molecule has 0 aromatic carbocycles. The highest BCUT2D eigenvalue weighted by atomic mass is 16.6. The summed E-state index contributed by atoms with van der Waals surface area (Å²) in [5, 5.41) is 12.2. The van der Waals surface area contributed by atoms with Crippen molar-refractivity contribution >= 4 is 11.9 Å². The third kappa shape index (κ3) is 4.10. The van der Waals surface area contributed by atoms with E-state index < -0.39 is 5.60 Å². The normalized spacial score (nSPS) is 21.3. The summed E-state index contributed by atoms with van der Waals surface area (Å²) in [5.74, 6) is 0.655. The molecule has 6 heteroatoms. The SMILES string of the molecule is C[C@@H]1C[C@@H](Nc2cc(C#N)ccn2)CN1C(=O)OC(C)(C)C. The van der Waals surface area contributed by atoms with E-state index in [9.17, 15) is 4.79 Å². The third-order valence-corrected chi connectivity index (χ3v) is 3.44. The van der Waals surface area contributed by atoms with Crippen LogP contribution in [0.2, 0.25) is 0 Å². The van der Waals surface area contributed by atoms with Crippen LogP contribution in [-0.2, 0) is 4.74 Å². The fraction of sp³-hybridized carbons (Fsp3) is 0.562. The minimum atomic E-state index is -0.495. The Labute approximate surface area is 131 Å². The van der Waals surface area contributed by atoms with Gasteiger partial charge in [-0.1, -0.05) is 0 Å². The number of likely N-dealkylation sites (tertiary alicyclic amines) is 1. The number of ether oxygens (including phenoxy) is 1. The molecular formula is C16H22N4O2. The topological polar surface area (TPSA) is 78.3 Å². The molecule has 0 radical (unpaired) electrons. The molecule has 1 N–H and O–H groups in total. The number of anilines is 1. The van der Waals surface area contributed by atoms with Crippen LogP contribution in [0, 0.1) is 11.3 Å². The Balaban J connectivity index is 1.98. The molecule has 1 aromatic rings. The van der Waals surface area contributed by atoms with Gasteiger partial charge in [-0.2, -0.15) is 5.26 Å². The predicted molar refractivity (Wildman–Crippen MR) is 83.4 cm³/mol. The van der Waals surface area contributed by atoms with Crippen LogP contribution >= 0.6 is 0 Å². The molecule has 0 saturated carbocycles. The first-order valence-electron chi connectivity index (χ1n) is 7.41. The van der Waals surface area contributed by atoms with E-state index in [0.717, 1.165) is 6.42 Å². The zero-order chi connectivity index (χ0) is 16.3. The molecule has 22 heavy (non-hydrogen) atoms. The van der Waals surface area contributed by atoms with Gasteiger partial charge in [0.25, 0.3) is 0 Å². The van der Waals surface area contributed by atoms with E-state index in [2.05, 4.69) is 16.4 Å². The lowest BCUT2D eigenvalue weighted by Crippen LogP contribution is -2.39. The number of nitriles is 1. The summed E-state index contributed by atoms with van der Waals surface area (Å²) in [4.78, 5) is 18.1. The largest absolute Gasteiger partial charge is 0.444 e. The van der Waals surface area contributed by atoms with Crippen LogP contribution in [0.4, 0.5) is 10.6 Å². The van der Waals surface area contributed by atoms with Gasteiger partial charge in [-0.05, 0) is 46.2 Å². The molecule has 0 unspecified atom stereocenters. The predicted octanol–water partition coefficient (Wildman–Crippen LogP) is 2.76. The average Bonchev–Trinajstić information content (AvgIpc) is 2.78. The number of hydrogen-bond donors (Lipinski definition) is 1. The van der Waals surface area contributed by atoms with Crippen LogP contribution < -0.4 is 5.32 Å². The van der Waals surface area contributed by atoms with Gasteiger partial charge in [-0.25, -0.2) is 9.78 Å². The molecular weight excluding hydrogens is 280 g/mol. The maximum atomic E-state index is 12.2. The number of carbonyl (C=O) groups is 1. The first-order chi connectivity index (χ1) is 10.3. The van der Waals surface area contributed by atoms with Gasteiger partial charge in [0.1, 0.15) is 11.4 Å². The summed E-state index contributed by atoms with van der Waals surface area (Å²) in [7, 11) is 0. The molecule has 1 fully saturated rings. The van der Waals surface area contributed by atoms with Crippen molar-refractivity contribution in [1.29, 1.82) is 5.26 Å². The molecule has 1 aromatic heterocycles. The molecule has 2 heterocycles. The highest BCUT2D eigenvalue weighted by Crippen LogP contribution is 2.23. The van der Waals surface area contributed by atoms with E-state index in [1.54, 1.807) is 23.2 Å². The smallest absolute Gasteiger partial charge is 0.410 e. The number of amides is 1. The quantitative estimate of drug-likeness (QED) is 0.908. The maximum Gasteiger partial charge on any atom is 0.410 e. The number of nitrogens with zero attached hydrogens (tertiary/aromatic N) is 3. The second-order valence-corrected chi connectivity index (χ2v) is 6.60. The number of pyridine rings is 1. The molecule has 1 aliphatic heterocycles. The number of carbonyl (C=O) groups excluding carboxylic acids is 1. The zero-order valence-electron chi connectivity index (χ0n) is 13.5. The van der Waals surface area contributed by atoms with E-state index in [1.165, 1.54) is 0 Å². The Morgan fingerprint density at radius 1 is 1.55 bits per heavy atom. The van der Waals surface area contributed by atoms with Crippen molar-refractivity contribution in [3.8, 4) is 6.07 Å². The third-order valence-electron chi connectivity index (χ3n) is 3.44. The van der Waals surface area contributed by atoms with Crippen LogP contribution in [0.5, 0.6) is 0 Å². The Morgan fingerprint density at radius 2 is 2.27 bits per heavy atom. The minimum Gasteiger partial charge on any atom is -0.444 e. The van der Waals surface area contributed by atoms with E-state index in [0.29, 0.717) is 17.9 Å². The molecule has 1 aliphatic rings. The van der Waals surface area contributed by atoms with E-state index in [4.69, 9.17) is 10.00 Å². The van der Waals surface area contributed by atoms with E-state index in [1.807, 2.05) is 27.7 Å². The van der Waals surface area contributed by atoms with Gasteiger partial charge in [0.2, 0.25) is 0 Å². The van der Waals surface area contributed by atoms with Crippen LogP contribution in [0.3, 0.4) is 0 Å². The first-order valence-corrected chi connectivity index (χ1v) is 7.41. The second-order valence-electron chi connectivity index (χ2n) is 6.60. The van der Waals surface area contributed by atoms with Crippen LogP contribution in [0.15, 0.2) is 18.3 Å². The molecule has 2 rings (SSSR count). The molecule has 1 amide bonds. The van der Waals surface area contributed by atoms with E-state index in [-0.39, 0.29) is 18.2 Å². The molecule has 1 saturated heterocycles. The van der Waals surface area contributed by atoms with Crippen molar-refractivity contribution in [2.24, 2.45) is 0 Å². The van der Waals surface area contributed by atoms with Crippen molar-refractivity contribution < 1.29 is 9.53 Å². The van der Waals surface area contributed by atoms with E-state index >= 15 is 0 Å². The molecule has 118 valence electrons. The fourth-order valence-electron chi connectivity index (χ4n) is 2.50. The molecule has 0 aliphatic carbocycles. The van der Waals surface area contributed by atoms with Crippen molar-refractivity contribution in [1.82, 2.24) is 9.88 Å². The standard InChI is InChI=1S/C16H22N4O2/c1-11-7-13(10-20(11)15(21)22-16(2,3)4)19-14-8-12(9-17)5-6-18-14/h5-6,8,11,13H,7,10H2,1-4H3,(H,18,19)/t11-,13-/m1/s1. The van der Waals surface area contributed by atoms with Gasteiger partial charge in [-0.3, -0.25) is 0 Å². The van der Waals surface area contributed by atoms with Crippen LogP contribution in [0.1, 0.15) is 39.7 Å². The number of nitrogens with one attached hydrogen (secondary N) is 1. The summed E-state index contributed by atoms with van der Waals surface area (Å²) >= 11 is 0. The molecule has 0 spiro atoms. The highest BCUT2D eigenvalue weighted by molar-refractivity contribution is 5.69. The first kappa shape index (κ1) is 16.1. The van der Waals surface area contributed by atoms with Gasteiger partial charge in [-0.15, -0.1) is 0 Å². The summed E-state index contributed by atoms with van der Waals surface area (Å²) in [5.41, 5.74) is 0.0675. The maximum absolute atomic E-state index is 12.2. The summed E-state index contributed by atoms with van der Waals surface area (Å²) in [6.45, 7) is 8.15. The van der Waals surface area contributed by atoms with Crippen LogP contribution in [-0.4, -0.2) is 40.2 Å². The van der Waals surface area contributed by atoms with Crippen molar-refractivity contribution in [3.63, 3.8) is 0 Å². The highest BCUT2D eigenvalue weighted by Gasteiger charge is 2.35. The van der Waals surface area contributed by atoms with Crippen molar-refractivity contribution in [3.05, 3.63) is 23.9 Å². The fourth-order valence-corrected chi connectivity index (χ4v) is 2.50.